The van der Waals surface area contributed by atoms with Crippen LogP contribution in [0.2, 0.25) is 0 Å². The Bertz CT molecular complexity index is 2340. The van der Waals surface area contributed by atoms with Crippen LogP contribution in [0.25, 0.3) is 67.5 Å². The molecule has 0 unspecified atom stereocenters. The van der Waals surface area contributed by atoms with Gasteiger partial charge in [-0.15, -0.1) is 0 Å². The van der Waals surface area contributed by atoms with E-state index in [9.17, 15) is 5.26 Å². The highest BCUT2D eigenvalue weighted by atomic mass is 15.0. The number of aromatic nitrogens is 3. The van der Waals surface area contributed by atoms with E-state index in [0.717, 1.165) is 33.4 Å². The number of fused-ring (bicyclic) bond motifs is 5. The molecule has 0 bridgehead atoms. The predicted molar refractivity (Wildman–Crippen MR) is 201 cm³/mol. The quantitative estimate of drug-likeness (QED) is 0.187. The Morgan fingerprint density at radius 1 is 0.440 bits per heavy atom. The van der Waals surface area contributed by atoms with Crippen molar-refractivity contribution in [2.45, 2.75) is 37.5 Å². The summed E-state index contributed by atoms with van der Waals surface area (Å²) >= 11 is 0. The lowest BCUT2D eigenvalue weighted by Crippen LogP contribution is -2.28. The lowest BCUT2D eigenvalue weighted by molar-refractivity contribution is 0.353. The maximum Gasteiger partial charge on any atom is 0.164 e. The third-order valence-corrected chi connectivity index (χ3v) is 10.6. The molecule has 0 amide bonds. The van der Waals surface area contributed by atoms with E-state index in [1.165, 1.54) is 65.5 Å². The zero-order valence-corrected chi connectivity index (χ0v) is 27.7. The van der Waals surface area contributed by atoms with Crippen molar-refractivity contribution in [2.75, 3.05) is 0 Å². The van der Waals surface area contributed by atoms with Crippen LogP contribution >= 0.6 is 0 Å². The second-order valence-electron chi connectivity index (χ2n) is 13.4. The SMILES string of the molecule is N#Cc1ccc2c(c1)-c1c(-c3ccc(-c4cccc(-c5nc(-c6ccccc6)nc(-c6ccccc6)n5)c4)cc3)cccc1C21CCCCC1. The molecule has 0 radical (unpaired) electrons. The van der Waals surface area contributed by atoms with Gasteiger partial charge in [0.1, 0.15) is 0 Å². The highest BCUT2D eigenvalue weighted by Gasteiger charge is 2.44. The van der Waals surface area contributed by atoms with Gasteiger partial charge < -0.3 is 0 Å². The summed E-state index contributed by atoms with van der Waals surface area (Å²) in [5, 5.41) is 9.81. The molecule has 2 aliphatic carbocycles. The minimum Gasteiger partial charge on any atom is -0.208 e. The van der Waals surface area contributed by atoms with Crippen LogP contribution < -0.4 is 0 Å². The fraction of sp³-hybridized carbons (Fsp3) is 0.130. The van der Waals surface area contributed by atoms with Crippen LogP contribution in [0.1, 0.15) is 48.8 Å². The first-order valence-corrected chi connectivity index (χ1v) is 17.5. The summed E-state index contributed by atoms with van der Waals surface area (Å²) in [6.07, 6.45) is 6.10. The van der Waals surface area contributed by atoms with Crippen LogP contribution in [-0.4, -0.2) is 15.0 Å². The fourth-order valence-electron chi connectivity index (χ4n) is 8.18. The van der Waals surface area contributed by atoms with Crippen molar-refractivity contribution < 1.29 is 0 Å². The van der Waals surface area contributed by atoms with E-state index >= 15 is 0 Å². The first kappa shape index (κ1) is 29.9. The van der Waals surface area contributed by atoms with Gasteiger partial charge in [0, 0.05) is 22.1 Å². The lowest BCUT2D eigenvalue weighted by atomic mass is 9.67. The van der Waals surface area contributed by atoms with Gasteiger partial charge >= 0.3 is 0 Å². The molecular formula is C46H34N4. The second-order valence-corrected chi connectivity index (χ2v) is 13.4. The number of benzene rings is 6. The van der Waals surface area contributed by atoms with Crippen LogP contribution in [0.4, 0.5) is 0 Å². The summed E-state index contributed by atoms with van der Waals surface area (Å²) in [5.41, 5.74) is 13.6. The van der Waals surface area contributed by atoms with Crippen molar-refractivity contribution in [2.24, 2.45) is 0 Å². The summed E-state index contributed by atoms with van der Waals surface area (Å²) < 4.78 is 0. The molecule has 4 heteroatoms. The Balaban J connectivity index is 1.10. The normalized spacial score (nSPS) is 14.1. The van der Waals surface area contributed by atoms with Gasteiger partial charge in [-0.05, 0) is 75.5 Å². The van der Waals surface area contributed by atoms with Gasteiger partial charge in [0.15, 0.2) is 17.5 Å². The molecule has 2 aliphatic rings. The zero-order valence-electron chi connectivity index (χ0n) is 27.7. The van der Waals surface area contributed by atoms with Gasteiger partial charge in [0.2, 0.25) is 0 Å². The van der Waals surface area contributed by atoms with E-state index in [-0.39, 0.29) is 5.41 Å². The molecule has 1 heterocycles. The average Bonchev–Trinajstić information content (AvgIpc) is 3.46. The average molecular weight is 643 g/mol. The lowest BCUT2D eigenvalue weighted by Gasteiger charge is -2.36. The summed E-state index contributed by atoms with van der Waals surface area (Å²) in [4.78, 5) is 14.7. The van der Waals surface area contributed by atoms with Gasteiger partial charge in [-0.25, -0.2) is 15.0 Å². The molecule has 0 N–H and O–H groups in total. The molecule has 238 valence electrons. The fourth-order valence-corrected chi connectivity index (χ4v) is 8.18. The van der Waals surface area contributed by atoms with E-state index in [0.29, 0.717) is 17.5 Å². The van der Waals surface area contributed by atoms with Gasteiger partial charge in [0.05, 0.1) is 11.6 Å². The highest BCUT2D eigenvalue weighted by Crippen LogP contribution is 2.58. The minimum atomic E-state index is 0.0447. The molecule has 1 spiro atoms. The van der Waals surface area contributed by atoms with Crippen molar-refractivity contribution in [1.29, 1.82) is 5.26 Å². The summed E-state index contributed by atoms with van der Waals surface area (Å²) in [6.45, 7) is 0. The Kier molecular flexibility index (Phi) is 7.40. The largest absolute Gasteiger partial charge is 0.208 e. The molecule has 1 fully saturated rings. The highest BCUT2D eigenvalue weighted by molar-refractivity contribution is 5.93. The topological polar surface area (TPSA) is 62.5 Å². The van der Waals surface area contributed by atoms with Gasteiger partial charge in [-0.3, -0.25) is 0 Å². The van der Waals surface area contributed by atoms with Gasteiger partial charge in [-0.2, -0.15) is 5.26 Å². The third-order valence-electron chi connectivity index (χ3n) is 10.6. The molecule has 0 aliphatic heterocycles. The minimum absolute atomic E-state index is 0.0447. The number of hydrogen-bond donors (Lipinski definition) is 0. The molecule has 0 saturated heterocycles. The van der Waals surface area contributed by atoms with E-state index in [2.05, 4.69) is 84.9 Å². The van der Waals surface area contributed by atoms with E-state index < -0.39 is 0 Å². The summed E-state index contributed by atoms with van der Waals surface area (Å²) in [6, 6.07) is 53.1. The molecule has 0 atom stereocenters. The molecule has 9 rings (SSSR count). The molecular weight excluding hydrogens is 609 g/mol. The third kappa shape index (κ3) is 5.11. The number of nitriles is 1. The maximum absolute atomic E-state index is 9.81. The van der Waals surface area contributed by atoms with Crippen LogP contribution in [-0.2, 0) is 5.41 Å². The van der Waals surface area contributed by atoms with Crippen molar-refractivity contribution in [3.05, 3.63) is 162 Å². The first-order valence-electron chi connectivity index (χ1n) is 17.5. The molecule has 4 nitrogen and oxygen atoms in total. The van der Waals surface area contributed by atoms with Crippen molar-refractivity contribution >= 4 is 0 Å². The molecule has 50 heavy (non-hydrogen) atoms. The second kappa shape index (κ2) is 12.4. The Morgan fingerprint density at radius 3 is 1.68 bits per heavy atom. The predicted octanol–water partition coefficient (Wildman–Crippen LogP) is 11.3. The van der Waals surface area contributed by atoms with Crippen molar-refractivity contribution in [3.8, 4) is 73.6 Å². The standard InChI is InChI=1S/C46H34N4/c47-30-31-20-25-40-39(28-31)42-38(18-11-19-41(42)46(40)26-8-3-9-27-46)33-23-21-32(22-24-33)36-16-10-17-37(29-36)45-49-43(34-12-4-1-5-13-34)48-44(50-45)35-14-6-2-7-15-35/h1-2,4-7,10-25,28-29H,3,8-9,26-27H2. The number of rotatable bonds is 5. The molecule has 1 aromatic heterocycles. The summed E-state index contributed by atoms with van der Waals surface area (Å²) in [7, 11) is 0. The summed E-state index contributed by atoms with van der Waals surface area (Å²) in [5.74, 6) is 1.94. The number of nitrogens with zero attached hydrogens (tertiary/aromatic N) is 4. The monoisotopic (exact) mass is 642 g/mol. The van der Waals surface area contributed by atoms with E-state index in [1.54, 1.807) is 0 Å². The first-order chi connectivity index (χ1) is 24.7. The molecule has 1 saturated carbocycles. The van der Waals surface area contributed by atoms with E-state index in [1.807, 2.05) is 66.7 Å². The van der Waals surface area contributed by atoms with Crippen molar-refractivity contribution in [1.82, 2.24) is 15.0 Å². The van der Waals surface area contributed by atoms with Gasteiger partial charge in [0.25, 0.3) is 0 Å². The van der Waals surface area contributed by atoms with Crippen LogP contribution in [0.3, 0.4) is 0 Å². The van der Waals surface area contributed by atoms with Crippen LogP contribution in [0.15, 0.2) is 146 Å². The molecule has 7 aromatic rings. The Labute approximate surface area is 292 Å². The smallest absolute Gasteiger partial charge is 0.164 e. The maximum atomic E-state index is 9.81. The van der Waals surface area contributed by atoms with Crippen LogP contribution in [0.5, 0.6) is 0 Å². The zero-order chi connectivity index (χ0) is 33.5. The van der Waals surface area contributed by atoms with Gasteiger partial charge in [-0.1, -0.05) is 147 Å². The van der Waals surface area contributed by atoms with E-state index in [4.69, 9.17) is 15.0 Å². The number of hydrogen-bond acceptors (Lipinski definition) is 4. The molecule has 6 aromatic carbocycles. The van der Waals surface area contributed by atoms with Crippen LogP contribution in [0, 0.1) is 11.3 Å². The van der Waals surface area contributed by atoms with Crippen molar-refractivity contribution in [3.63, 3.8) is 0 Å². The Morgan fingerprint density at radius 2 is 1.02 bits per heavy atom. The Hall–Kier alpha value is -6.18.